The van der Waals surface area contributed by atoms with Crippen LogP contribution in [-0.2, 0) is 0 Å². The van der Waals surface area contributed by atoms with Crippen molar-refractivity contribution >= 4 is 17.7 Å². The molecule has 76 valence electrons. The molecular formula is C10H10N4O. The van der Waals surface area contributed by atoms with Crippen LogP contribution in [0.3, 0.4) is 0 Å². The first-order valence-electron chi connectivity index (χ1n) is 4.25. The number of nitrogens with zero attached hydrogens (tertiary/aromatic N) is 4. The van der Waals surface area contributed by atoms with Crippen molar-refractivity contribution in [2.45, 2.75) is 0 Å². The van der Waals surface area contributed by atoms with E-state index in [4.69, 9.17) is 5.26 Å². The van der Waals surface area contributed by atoms with Crippen LogP contribution in [0.5, 0.6) is 0 Å². The fourth-order valence-corrected chi connectivity index (χ4v) is 0.961. The standard InChI is InChI=1S/C10H10N4O/c1-14(2)7-12-10-4-3-9(13-15)5-8(10)6-11/h3-5,7H,1-2H3. The van der Waals surface area contributed by atoms with Crippen LogP contribution in [0.15, 0.2) is 28.4 Å². The first-order chi connectivity index (χ1) is 7.17. The van der Waals surface area contributed by atoms with E-state index in [-0.39, 0.29) is 5.69 Å². The molecule has 0 aliphatic heterocycles. The van der Waals surface area contributed by atoms with Crippen LogP contribution in [0.25, 0.3) is 0 Å². The van der Waals surface area contributed by atoms with Crippen LogP contribution in [-0.4, -0.2) is 25.3 Å². The topological polar surface area (TPSA) is 68.8 Å². The maximum absolute atomic E-state index is 10.2. The first kappa shape index (κ1) is 10.9. The predicted molar refractivity (Wildman–Crippen MR) is 58.5 cm³/mol. The number of hydrogen-bond acceptors (Lipinski definition) is 4. The fraction of sp³-hybridized carbons (Fsp3) is 0.200. The van der Waals surface area contributed by atoms with Gasteiger partial charge in [0.05, 0.1) is 17.6 Å². The van der Waals surface area contributed by atoms with E-state index in [2.05, 4.69) is 10.2 Å². The van der Waals surface area contributed by atoms with E-state index in [0.717, 1.165) is 0 Å². The van der Waals surface area contributed by atoms with E-state index in [0.29, 0.717) is 11.3 Å². The minimum atomic E-state index is 0.232. The molecule has 0 radical (unpaired) electrons. The molecule has 0 saturated carbocycles. The average molecular weight is 202 g/mol. The van der Waals surface area contributed by atoms with E-state index in [1.54, 1.807) is 17.3 Å². The molecule has 0 heterocycles. The zero-order chi connectivity index (χ0) is 11.3. The van der Waals surface area contributed by atoms with Crippen LogP contribution in [0.2, 0.25) is 0 Å². The molecule has 0 N–H and O–H groups in total. The van der Waals surface area contributed by atoms with Crippen LogP contribution >= 0.6 is 0 Å². The van der Waals surface area contributed by atoms with E-state index < -0.39 is 0 Å². The van der Waals surface area contributed by atoms with Crippen molar-refractivity contribution in [1.29, 1.82) is 5.26 Å². The summed E-state index contributed by atoms with van der Waals surface area (Å²) in [4.78, 5) is 16.1. The van der Waals surface area contributed by atoms with E-state index in [1.807, 2.05) is 20.2 Å². The van der Waals surface area contributed by atoms with Crippen molar-refractivity contribution in [3.05, 3.63) is 28.7 Å². The molecule has 1 aromatic carbocycles. The Bertz CT molecular complexity index is 432. The minimum absolute atomic E-state index is 0.232. The lowest BCUT2D eigenvalue weighted by molar-refractivity contribution is 0.643. The third-order valence-corrected chi connectivity index (χ3v) is 1.63. The second kappa shape index (κ2) is 4.86. The summed E-state index contributed by atoms with van der Waals surface area (Å²) in [6.45, 7) is 0. The molecular weight excluding hydrogens is 192 g/mol. The maximum Gasteiger partial charge on any atom is 0.109 e. The van der Waals surface area contributed by atoms with Crippen molar-refractivity contribution in [3.8, 4) is 6.07 Å². The second-order valence-corrected chi connectivity index (χ2v) is 3.11. The van der Waals surface area contributed by atoms with Crippen LogP contribution in [0.1, 0.15) is 5.56 Å². The normalized spacial score (nSPS) is 9.93. The first-order valence-corrected chi connectivity index (χ1v) is 4.25. The summed E-state index contributed by atoms with van der Waals surface area (Å²) < 4.78 is 0. The molecule has 0 atom stereocenters. The molecule has 0 unspecified atom stereocenters. The molecule has 1 rings (SSSR count). The summed E-state index contributed by atoms with van der Waals surface area (Å²) in [6, 6.07) is 6.49. The highest BCUT2D eigenvalue weighted by atomic mass is 16.3. The van der Waals surface area contributed by atoms with Gasteiger partial charge in [-0.25, -0.2) is 4.99 Å². The number of nitriles is 1. The molecule has 15 heavy (non-hydrogen) atoms. The third kappa shape index (κ3) is 2.88. The molecule has 0 spiro atoms. The van der Waals surface area contributed by atoms with Crippen molar-refractivity contribution in [3.63, 3.8) is 0 Å². The Balaban J connectivity index is 3.09. The van der Waals surface area contributed by atoms with Gasteiger partial charge < -0.3 is 4.90 Å². The van der Waals surface area contributed by atoms with Gasteiger partial charge in [-0.05, 0) is 23.4 Å². The lowest BCUT2D eigenvalue weighted by Gasteiger charge is -2.03. The Hall–Kier alpha value is -2.22. The van der Waals surface area contributed by atoms with Crippen molar-refractivity contribution in [2.24, 2.45) is 10.2 Å². The lowest BCUT2D eigenvalue weighted by Crippen LogP contribution is -2.07. The van der Waals surface area contributed by atoms with E-state index in [1.165, 1.54) is 12.1 Å². The number of rotatable bonds is 3. The summed E-state index contributed by atoms with van der Waals surface area (Å²) in [5.41, 5.74) is 1.10. The van der Waals surface area contributed by atoms with Gasteiger partial charge in [0.15, 0.2) is 0 Å². The van der Waals surface area contributed by atoms with Crippen LogP contribution < -0.4 is 0 Å². The summed E-state index contributed by atoms with van der Waals surface area (Å²) in [5, 5.41) is 11.6. The number of hydrogen-bond donors (Lipinski definition) is 0. The van der Waals surface area contributed by atoms with Crippen molar-refractivity contribution in [2.75, 3.05) is 14.1 Å². The third-order valence-electron chi connectivity index (χ3n) is 1.63. The van der Waals surface area contributed by atoms with Gasteiger partial charge in [-0.2, -0.15) is 5.26 Å². The van der Waals surface area contributed by atoms with E-state index >= 15 is 0 Å². The highest BCUT2D eigenvalue weighted by Gasteiger charge is 2.01. The summed E-state index contributed by atoms with van der Waals surface area (Å²) in [7, 11) is 3.66. The molecule has 0 aromatic heterocycles. The van der Waals surface area contributed by atoms with Crippen molar-refractivity contribution in [1.82, 2.24) is 4.90 Å². The molecule has 1 aromatic rings. The molecule has 0 bridgehead atoms. The minimum Gasteiger partial charge on any atom is -0.369 e. The molecule has 5 nitrogen and oxygen atoms in total. The Morgan fingerprint density at radius 1 is 1.47 bits per heavy atom. The SMILES string of the molecule is CN(C)C=Nc1ccc(N=O)cc1C#N. The van der Waals surface area contributed by atoms with Gasteiger partial charge in [-0.15, -0.1) is 4.91 Å². The Kier molecular flexibility index (Phi) is 3.52. The van der Waals surface area contributed by atoms with Gasteiger partial charge in [0.1, 0.15) is 11.8 Å². The highest BCUT2D eigenvalue weighted by Crippen LogP contribution is 2.23. The quantitative estimate of drug-likeness (QED) is 0.428. The van der Waals surface area contributed by atoms with Gasteiger partial charge in [0, 0.05) is 14.1 Å². The van der Waals surface area contributed by atoms with Gasteiger partial charge in [0.2, 0.25) is 0 Å². The van der Waals surface area contributed by atoms with Crippen LogP contribution in [0.4, 0.5) is 11.4 Å². The molecule has 5 heteroatoms. The largest absolute Gasteiger partial charge is 0.369 e. The fourth-order valence-electron chi connectivity index (χ4n) is 0.961. The molecule has 0 aliphatic carbocycles. The summed E-state index contributed by atoms with van der Waals surface area (Å²) in [6.07, 6.45) is 1.59. The number of benzene rings is 1. The number of nitroso groups, excluding NO2 is 1. The predicted octanol–water partition coefficient (Wildman–Crippen LogP) is 2.18. The lowest BCUT2D eigenvalue weighted by atomic mass is 10.2. The van der Waals surface area contributed by atoms with Gasteiger partial charge >= 0.3 is 0 Å². The zero-order valence-electron chi connectivity index (χ0n) is 8.51. The Morgan fingerprint density at radius 3 is 2.73 bits per heavy atom. The summed E-state index contributed by atoms with van der Waals surface area (Å²) in [5.74, 6) is 0. The molecule has 0 amide bonds. The smallest absolute Gasteiger partial charge is 0.109 e. The second-order valence-electron chi connectivity index (χ2n) is 3.11. The Labute approximate surface area is 87.6 Å². The summed E-state index contributed by atoms with van der Waals surface area (Å²) >= 11 is 0. The molecule has 0 fully saturated rings. The monoisotopic (exact) mass is 202 g/mol. The van der Waals surface area contributed by atoms with Gasteiger partial charge in [-0.3, -0.25) is 0 Å². The van der Waals surface area contributed by atoms with E-state index in [9.17, 15) is 4.91 Å². The molecule has 0 saturated heterocycles. The van der Waals surface area contributed by atoms with Crippen molar-refractivity contribution < 1.29 is 0 Å². The molecule has 0 aliphatic rings. The maximum atomic E-state index is 10.2. The number of aliphatic imine (C=N–C) groups is 1. The van der Waals surface area contributed by atoms with Gasteiger partial charge in [0.25, 0.3) is 0 Å². The van der Waals surface area contributed by atoms with Crippen LogP contribution in [0, 0.1) is 16.2 Å². The highest BCUT2D eigenvalue weighted by molar-refractivity contribution is 5.67. The Morgan fingerprint density at radius 2 is 2.20 bits per heavy atom. The zero-order valence-corrected chi connectivity index (χ0v) is 8.51. The van der Waals surface area contributed by atoms with Gasteiger partial charge in [-0.1, -0.05) is 0 Å². The average Bonchev–Trinajstić information content (AvgIpc) is 2.25.